The van der Waals surface area contributed by atoms with Crippen LogP contribution in [0.25, 0.3) is 67.3 Å². The molecule has 7 aromatic heterocycles. The Kier molecular flexibility index (Phi) is 25.1. The molecule has 0 radical (unpaired) electrons. The fourth-order valence-corrected chi connectivity index (χ4v) is 16.0. The van der Waals surface area contributed by atoms with Gasteiger partial charge in [0.1, 0.15) is 51.3 Å². The van der Waals surface area contributed by atoms with Crippen LogP contribution < -0.4 is 64.0 Å². The van der Waals surface area contributed by atoms with Gasteiger partial charge >= 0.3 is 0 Å². The highest BCUT2D eigenvalue weighted by atomic mass is 32.1. The van der Waals surface area contributed by atoms with Crippen LogP contribution >= 0.6 is 11.3 Å². The first kappa shape index (κ1) is 80.3. The van der Waals surface area contributed by atoms with Gasteiger partial charge in [-0.3, -0.25) is 42.8 Å². The predicted molar refractivity (Wildman–Crippen MR) is 454 cm³/mol. The minimum absolute atomic E-state index is 0.0148. The van der Waals surface area contributed by atoms with Crippen LogP contribution in [0.1, 0.15) is 135 Å². The van der Waals surface area contributed by atoms with Gasteiger partial charge in [-0.2, -0.15) is 15.3 Å². The van der Waals surface area contributed by atoms with E-state index in [0.717, 1.165) is 127 Å². The molecule has 2 saturated carbocycles. The molecule has 0 bridgehead atoms. The summed E-state index contributed by atoms with van der Waals surface area (Å²) >= 11 is 1.42. The van der Waals surface area contributed by atoms with E-state index in [1.54, 1.807) is 59.5 Å². The van der Waals surface area contributed by atoms with E-state index in [1.807, 2.05) is 124 Å². The van der Waals surface area contributed by atoms with E-state index in [1.165, 1.54) is 11.3 Å². The van der Waals surface area contributed by atoms with Crippen LogP contribution in [-0.2, 0) is 69.3 Å². The third kappa shape index (κ3) is 18.2. The lowest BCUT2D eigenvalue weighted by Crippen LogP contribution is -2.35. The van der Waals surface area contributed by atoms with Gasteiger partial charge in [-0.1, -0.05) is 94.6 Å². The van der Waals surface area contributed by atoms with Crippen molar-refractivity contribution in [2.75, 3.05) is 53.0 Å². The van der Waals surface area contributed by atoms with Gasteiger partial charge in [-0.25, -0.2) is 15.0 Å². The van der Waals surface area contributed by atoms with E-state index >= 15 is 0 Å². The van der Waals surface area contributed by atoms with Crippen LogP contribution in [0.15, 0.2) is 154 Å². The molecule has 13 aromatic rings. The fourth-order valence-electron chi connectivity index (χ4n) is 15.0. The zero-order chi connectivity index (χ0) is 81.1. The van der Waals surface area contributed by atoms with Crippen molar-refractivity contribution in [2.45, 2.75) is 125 Å². The van der Waals surface area contributed by atoms with Crippen molar-refractivity contribution >= 4 is 96.3 Å². The van der Waals surface area contributed by atoms with Crippen molar-refractivity contribution < 1.29 is 28.6 Å². The molecule has 0 atom stereocenters. The molecular formula is C87H98N18O9S. The highest BCUT2D eigenvalue weighted by molar-refractivity contribution is 7.14. The van der Waals surface area contributed by atoms with Gasteiger partial charge < -0.3 is 62.3 Å². The van der Waals surface area contributed by atoms with E-state index in [4.69, 9.17) is 46.4 Å². The molecule has 6 aromatic carbocycles. The number of aryl methyl sites for hydroxylation is 6. The maximum atomic E-state index is 13.0. The van der Waals surface area contributed by atoms with Crippen LogP contribution in [0.2, 0.25) is 0 Å². The number of amides is 3. The SMILES string of the molecule is CCCc1nn(C)c2c(=O)[nH]c(-c3cc(CC4CC(C(=O)Nc5ccccc5N)C4)ccc3OCC)nc12.CCCc1nn(C)c2c(=O)[nH]c(-c3cc(CC4CC(C(=O)Nc5ccccc5N)C4)ccc3OCC)nc12.CCCc1nn(C)c2c(=O)[nH]c(-c3cc(Cc4ccc(C(=O)Nc5ccccc5N)s4)ccc3OCC)nc12. The number of hydrogen-bond acceptors (Lipinski definition) is 19. The number of thiophene rings is 1. The number of H-pyrrole nitrogens is 3. The van der Waals surface area contributed by atoms with Crippen LogP contribution in [0.5, 0.6) is 17.2 Å². The Balaban J connectivity index is 0.000000150. The summed E-state index contributed by atoms with van der Waals surface area (Å²) in [5.41, 5.74) is 31.9. The molecule has 0 spiro atoms. The highest BCUT2D eigenvalue weighted by Crippen LogP contribution is 2.42. The van der Waals surface area contributed by atoms with Gasteiger partial charge in [0.15, 0.2) is 16.6 Å². The lowest BCUT2D eigenvalue weighted by molar-refractivity contribution is -0.124. The first-order valence-corrected chi connectivity index (χ1v) is 40.2. The number of nitrogens with zero attached hydrogens (tertiary/aromatic N) is 9. The second-order valence-corrected chi connectivity index (χ2v) is 30.4. The summed E-state index contributed by atoms with van der Waals surface area (Å²) in [6.45, 7) is 13.5. The Morgan fingerprint density at radius 2 is 0.791 bits per heavy atom. The molecule has 0 aliphatic heterocycles. The number of anilines is 6. The molecule has 2 fully saturated rings. The molecular weight excluding hydrogens is 1470 g/mol. The number of rotatable bonds is 27. The van der Waals surface area contributed by atoms with Gasteiger partial charge in [-0.15, -0.1) is 11.3 Å². The van der Waals surface area contributed by atoms with Gasteiger partial charge in [0.25, 0.3) is 22.6 Å². The largest absolute Gasteiger partial charge is 0.493 e. The van der Waals surface area contributed by atoms with Gasteiger partial charge in [0.05, 0.1) is 92.6 Å². The number of aromatic nitrogens is 12. The summed E-state index contributed by atoms with van der Waals surface area (Å²) in [7, 11) is 5.30. The van der Waals surface area contributed by atoms with E-state index in [0.29, 0.717) is 150 Å². The van der Waals surface area contributed by atoms with Crippen molar-refractivity contribution in [3.05, 3.63) is 214 Å². The second-order valence-electron chi connectivity index (χ2n) is 29.2. The lowest BCUT2D eigenvalue weighted by Gasteiger charge is -2.34. The normalized spacial score (nSPS) is 14.9. The number of fused-ring (bicyclic) bond motifs is 3. The van der Waals surface area contributed by atoms with Crippen molar-refractivity contribution in [3.8, 4) is 51.4 Å². The molecule has 15 rings (SSSR count). The molecule has 596 valence electrons. The zero-order valence-corrected chi connectivity index (χ0v) is 67.1. The van der Waals surface area contributed by atoms with E-state index in [9.17, 15) is 28.8 Å². The number of carbonyl (C=O) groups is 3. The number of nitrogens with two attached hydrogens (primary N) is 3. The lowest BCUT2D eigenvalue weighted by atomic mass is 9.71. The molecule has 2 aliphatic carbocycles. The Labute approximate surface area is 668 Å². The molecule has 0 saturated heterocycles. The van der Waals surface area contributed by atoms with E-state index in [-0.39, 0.29) is 46.2 Å². The maximum Gasteiger partial charge on any atom is 0.277 e. The molecule has 7 heterocycles. The molecule has 0 unspecified atom stereocenters. The van der Waals surface area contributed by atoms with Crippen molar-refractivity contribution in [1.29, 1.82) is 0 Å². The van der Waals surface area contributed by atoms with E-state index < -0.39 is 0 Å². The van der Waals surface area contributed by atoms with Crippen LogP contribution in [0.3, 0.4) is 0 Å². The van der Waals surface area contributed by atoms with Crippen LogP contribution in [-0.4, -0.2) is 96.8 Å². The first-order chi connectivity index (χ1) is 55.6. The number of ether oxygens (including phenoxy) is 3. The van der Waals surface area contributed by atoms with Gasteiger partial charge in [0, 0.05) is 44.3 Å². The quantitative estimate of drug-likeness (QED) is 0.0216. The summed E-state index contributed by atoms with van der Waals surface area (Å²) in [4.78, 5) is 102. The topological polar surface area (TPSA) is 384 Å². The Bertz CT molecular complexity index is 5690. The van der Waals surface area contributed by atoms with E-state index in [2.05, 4.69) is 79.1 Å². The number of carbonyl (C=O) groups excluding carboxylic acids is 3. The summed E-state index contributed by atoms with van der Waals surface area (Å²) in [5, 5.41) is 22.4. The van der Waals surface area contributed by atoms with Crippen LogP contribution in [0.4, 0.5) is 34.1 Å². The number of aromatic amines is 3. The smallest absolute Gasteiger partial charge is 0.277 e. The third-order valence-corrected chi connectivity index (χ3v) is 21.8. The molecule has 12 N–H and O–H groups in total. The molecule has 115 heavy (non-hydrogen) atoms. The summed E-state index contributed by atoms with van der Waals surface area (Å²) in [5.74, 6) is 3.95. The summed E-state index contributed by atoms with van der Waals surface area (Å²) in [6, 6.07) is 43.5. The molecule has 3 amide bonds. The summed E-state index contributed by atoms with van der Waals surface area (Å²) in [6.07, 6.45) is 10.5. The predicted octanol–water partition coefficient (Wildman–Crippen LogP) is 14.1. The minimum atomic E-state index is -0.242. The third-order valence-electron chi connectivity index (χ3n) is 20.7. The molecule has 27 nitrogen and oxygen atoms in total. The Hall–Kier alpha value is -12.7. The molecule has 28 heteroatoms. The van der Waals surface area contributed by atoms with Crippen LogP contribution in [0, 0.1) is 23.7 Å². The summed E-state index contributed by atoms with van der Waals surface area (Å²) < 4.78 is 22.5. The average molecular weight is 1570 g/mol. The maximum absolute atomic E-state index is 13.0. The van der Waals surface area contributed by atoms with Crippen molar-refractivity contribution in [3.63, 3.8) is 0 Å². The van der Waals surface area contributed by atoms with Gasteiger partial charge in [-0.05, 0) is 192 Å². The number of para-hydroxylation sites is 6. The standard InChI is InChI=1S/C29H30N6O3S.2C29H34N6O3/c1-4-8-22-25-26(35(3)34-22)29(37)33-27(32-25)19-16-17(11-13-23(19)38-5-2)15-18-12-14-24(39-18)28(36)31-21-10-7-6-9-20(21)30;2*1-4-8-23-25-26(35(3)34-23)29(37)33-27(32-25)20-16-17(11-12-24(20)38-5-2)13-18-14-19(15-18)28(36)31-22-10-7-6-9-21(22)30/h6-7,9-14,16H,4-5,8,15,30H2,1-3H3,(H,31,36)(H,32,33,37);2*6-7,9-12,16,18-19H,4-5,8,13-15,30H2,1-3H3,(H,31,36)(H,32,33,37). The van der Waals surface area contributed by atoms with Crippen molar-refractivity contribution in [2.24, 2.45) is 44.8 Å². The minimum Gasteiger partial charge on any atom is -0.493 e. The zero-order valence-electron chi connectivity index (χ0n) is 66.2. The number of hydrogen-bond donors (Lipinski definition) is 9. The van der Waals surface area contributed by atoms with Gasteiger partial charge in [0.2, 0.25) is 11.8 Å². The number of nitrogen functional groups attached to an aromatic ring is 3. The monoisotopic (exact) mass is 1570 g/mol. The molecule has 2 aliphatic rings. The second kappa shape index (κ2) is 36.0. The van der Waals surface area contributed by atoms with Crippen molar-refractivity contribution in [1.82, 2.24) is 59.2 Å². The first-order valence-electron chi connectivity index (χ1n) is 39.3. The number of nitrogens with one attached hydrogen (secondary N) is 6. The highest BCUT2D eigenvalue weighted by Gasteiger charge is 2.37. The number of benzene rings is 6. The fraction of sp³-hybridized carbons (Fsp3) is 0.333. The average Bonchev–Trinajstić information content (AvgIpc) is 1.65. The Morgan fingerprint density at radius 1 is 0.452 bits per heavy atom. The Morgan fingerprint density at radius 3 is 1.14 bits per heavy atom.